The zero-order valence-corrected chi connectivity index (χ0v) is 15.3. The Morgan fingerprint density at radius 3 is 2.88 bits per heavy atom. The number of aryl methyl sites for hydroxylation is 1. The van der Waals surface area contributed by atoms with E-state index in [-0.39, 0.29) is 12.5 Å². The van der Waals surface area contributed by atoms with E-state index in [1.165, 1.54) is 12.8 Å². The Balaban J connectivity index is 1.44. The van der Waals surface area contributed by atoms with Crippen LogP contribution in [0.2, 0.25) is 0 Å². The van der Waals surface area contributed by atoms with Crippen LogP contribution in [-0.2, 0) is 11.4 Å². The molecule has 1 aliphatic heterocycles. The van der Waals surface area contributed by atoms with Crippen LogP contribution in [0.5, 0.6) is 5.75 Å². The molecule has 7 heteroatoms. The van der Waals surface area contributed by atoms with E-state index in [4.69, 9.17) is 9.26 Å². The van der Waals surface area contributed by atoms with Gasteiger partial charge in [-0.2, -0.15) is 4.98 Å². The van der Waals surface area contributed by atoms with E-state index in [1.807, 2.05) is 24.3 Å². The van der Waals surface area contributed by atoms with Crippen LogP contribution >= 0.6 is 0 Å². The number of aromatic nitrogens is 2. The molecule has 3 rings (SSSR count). The predicted octanol–water partition coefficient (Wildman–Crippen LogP) is 2.92. The van der Waals surface area contributed by atoms with Crippen molar-refractivity contribution in [3.8, 4) is 5.75 Å². The summed E-state index contributed by atoms with van der Waals surface area (Å²) >= 11 is 0. The van der Waals surface area contributed by atoms with Crippen molar-refractivity contribution in [3.63, 3.8) is 0 Å². The highest BCUT2D eigenvalue weighted by Crippen LogP contribution is 2.23. The Hall–Kier alpha value is -2.41. The van der Waals surface area contributed by atoms with Crippen molar-refractivity contribution in [1.29, 1.82) is 0 Å². The molecule has 0 bridgehead atoms. The van der Waals surface area contributed by atoms with Crippen molar-refractivity contribution in [2.45, 2.75) is 39.7 Å². The predicted molar refractivity (Wildman–Crippen MR) is 97.8 cm³/mol. The summed E-state index contributed by atoms with van der Waals surface area (Å²) in [4.78, 5) is 16.4. The van der Waals surface area contributed by atoms with Gasteiger partial charge in [-0.25, -0.2) is 0 Å². The molecular formula is C19H26N4O3. The number of nitrogens with zero attached hydrogens (tertiary/aromatic N) is 2. The van der Waals surface area contributed by atoms with Crippen LogP contribution in [0.1, 0.15) is 37.9 Å². The minimum Gasteiger partial charge on any atom is -0.485 e. The van der Waals surface area contributed by atoms with Gasteiger partial charge in [0.2, 0.25) is 17.6 Å². The first-order valence-corrected chi connectivity index (χ1v) is 9.13. The fourth-order valence-corrected chi connectivity index (χ4v) is 3.22. The van der Waals surface area contributed by atoms with Gasteiger partial charge in [-0.15, -0.1) is 0 Å². The maximum Gasteiger partial charge on any atom is 0.224 e. The van der Waals surface area contributed by atoms with Gasteiger partial charge >= 0.3 is 0 Å². The molecule has 1 aliphatic rings. The number of piperidine rings is 1. The van der Waals surface area contributed by atoms with Crippen LogP contribution in [-0.4, -0.2) is 29.1 Å². The lowest BCUT2D eigenvalue weighted by atomic mass is 9.85. The molecule has 1 fully saturated rings. The van der Waals surface area contributed by atoms with Gasteiger partial charge in [-0.3, -0.25) is 4.79 Å². The first kappa shape index (κ1) is 18.4. The summed E-state index contributed by atoms with van der Waals surface area (Å²) in [5, 5.41) is 10.2. The Bertz CT molecular complexity index is 708. The topological polar surface area (TPSA) is 89.3 Å². The van der Waals surface area contributed by atoms with Gasteiger partial charge in [-0.05, 0) is 62.0 Å². The third-order valence-corrected chi connectivity index (χ3v) is 4.72. The Labute approximate surface area is 153 Å². The summed E-state index contributed by atoms with van der Waals surface area (Å²) in [6.07, 6.45) is 2.94. The van der Waals surface area contributed by atoms with Crippen molar-refractivity contribution in [2.24, 2.45) is 11.8 Å². The van der Waals surface area contributed by atoms with Gasteiger partial charge in [0, 0.05) is 19.0 Å². The number of amides is 1. The second-order valence-corrected chi connectivity index (χ2v) is 6.88. The van der Waals surface area contributed by atoms with E-state index in [0.717, 1.165) is 18.8 Å². The molecule has 1 aromatic carbocycles. The van der Waals surface area contributed by atoms with Crippen LogP contribution in [0.15, 0.2) is 28.8 Å². The Morgan fingerprint density at radius 2 is 2.23 bits per heavy atom. The van der Waals surface area contributed by atoms with Gasteiger partial charge in [0.15, 0.2) is 6.61 Å². The van der Waals surface area contributed by atoms with Gasteiger partial charge in [-0.1, -0.05) is 12.1 Å². The van der Waals surface area contributed by atoms with Crippen LogP contribution in [0.4, 0.5) is 5.69 Å². The summed E-state index contributed by atoms with van der Waals surface area (Å²) in [7, 11) is 0. The fourth-order valence-electron chi connectivity index (χ4n) is 3.22. The molecule has 7 nitrogen and oxygen atoms in total. The quantitative estimate of drug-likeness (QED) is 0.791. The fraction of sp³-hybridized carbons (Fsp3) is 0.526. The normalized spacial score (nSPS) is 18.3. The third kappa shape index (κ3) is 5.29. The lowest BCUT2D eigenvalue weighted by molar-refractivity contribution is -0.117. The number of hydrogen-bond donors (Lipinski definition) is 2. The van der Waals surface area contributed by atoms with E-state index < -0.39 is 0 Å². The van der Waals surface area contributed by atoms with Gasteiger partial charge in [0.1, 0.15) is 5.75 Å². The van der Waals surface area contributed by atoms with Gasteiger partial charge < -0.3 is 19.9 Å². The summed E-state index contributed by atoms with van der Waals surface area (Å²) in [6.45, 7) is 6.25. The molecule has 0 aliphatic carbocycles. The molecule has 1 amide bonds. The molecule has 1 aromatic heterocycles. The summed E-state index contributed by atoms with van der Waals surface area (Å²) in [5.74, 6) is 2.72. The summed E-state index contributed by atoms with van der Waals surface area (Å²) < 4.78 is 10.5. The molecule has 2 atom stereocenters. The molecule has 2 N–H and O–H groups in total. The standard InChI is InChI=1S/C19H26N4O3/c1-13(15-4-3-9-20-11-15)10-19(24)22-16-5-7-17(8-6-16)25-12-18-21-14(2)26-23-18/h5-8,13,15,20H,3-4,9-12H2,1-2H3,(H,22,24). The van der Waals surface area contributed by atoms with Crippen LogP contribution in [0, 0.1) is 18.8 Å². The first-order chi connectivity index (χ1) is 12.6. The monoisotopic (exact) mass is 358 g/mol. The molecule has 26 heavy (non-hydrogen) atoms. The molecular weight excluding hydrogens is 332 g/mol. The molecule has 140 valence electrons. The van der Waals surface area contributed by atoms with E-state index in [2.05, 4.69) is 27.7 Å². The second kappa shape index (κ2) is 8.80. The largest absolute Gasteiger partial charge is 0.485 e. The molecule has 0 spiro atoms. The zero-order valence-electron chi connectivity index (χ0n) is 15.3. The first-order valence-electron chi connectivity index (χ1n) is 9.13. The zero-order chi connectivity index (χ0) is 18.4. The average Bonchev–Trinajstić information content (AvgIpc) is 3.07. The molecule has 0 radical (unpaired) electrons. The third-order valence-electron chi connectivity index (χ3n) is 4.72. The summed E-state index contributed by atoms with van der Waals surface area (Å²) in [6, 6.07) is 7.30. The number of hydrogen-bond acceptors (Lipinski definition) is 6. The van der Waals surface area contributed by atoms with E-state index in [9.17, 15) is 4.79 Å². The van der Waals surface area contributed by atoms with E-state index in [1.54, 1.807) is 6.92 Å². The van der Waals surface area contributed by atoms with Crippen molar-refractivity contribution in [3.05, 3.63) is 36.0 Å². The lowest BCUT2D eigenvalue weighted by Gasteiger charge is -2.28. The van der Waals surface area contributed by atoms with Crippen LogP contribution in [0.3, 0.4) is 0 Å². The number of rotatable bonds is 7. The SMILES string of the molecule is Cc1nc(COc2ccc(NC(=O)CC(C)C3CCCNC3)cc2)no1. The molecule has 2 unspecified atom stereocenters. The average molecular weight is 358 g/mol. The number of benzene rings is 1. The highest BCUT2D eigenvalue weighted by molar-refractivity contribution is 5.90. The summed E-state index contributed by atoms with van der Waals surface area (Å²) in [5.41, 5.74) is 0.770. The number of anilines is 1. The minimum absolute atomic E-state index is 0.0546. The number of nitrogens with one attached hydrogen (secondary N) is 2. The number of carbonyl (C=O) groups excluding carboxylic acids is 1. The molecule has 0 saturated carbocycles. The van der Waals surface area contributed by atoms with E-state index in [0.29, 0.717) is 35.7 Å². The minimum atomic E-state index is 0.0546. The van der Waals surface area contributed by atoms with Crippen molar-refractivity contribution >= 4 is 11.6 Å². The Kier molecular flexibility index (Phi) is 6.22. The smallest absolute Gasteiger partial charge is 0.224 e. The van der Waals surface area contributed by atoms with Gasteiger partial charge in [0.25, 0.3) is 0 Å². The maximum atomic E-state index is 12.3. The van der Waals surface area contributed by atoms with Crippen molar-refractivity contribution in [2.75, 3.05) is 18.4 Å². The van der Waals surface area contributed by atoms with Gasteiger partial charge in [0.05, 0.1) is 0 Å². The number of ether oxygens (including phenoxy) is 1. The maximum absolute atomic E-state index is 12.3. The second-order valence-electron chi connectivity index (χ2n) is 6.88. The molecule has 2 aromatic rings. The lowest BCUT2D eigenvalue weighted by Crippen LogP contribution is -2.34. The molecule has 2 heterocycles. The highest BCUT2D eigenvalue weighted by atomic mass is 16.5. The molecule has 1 saturated heterocycles. The van der Waals surface area contributed by atoms with Crippen LogP contribution < -0.4 is 15.4 Å². The van der Waals surface area contributed by atoms with E-state index >= 15 is 0 Å². The van der Waals surface area contributed by atoms with Crippen molar-refractivity contribution in [1.82, 2.24) is 15.5 Å². The Morgan fingerprint density at radius 1 is 1.42 bits per heavy atom. The number of carbonyl (C=O) groups is 1. The van der Waals surface area contributed by atoms with Crippen LogP contribution in [0.25, 0.3) is 0 Å². The highest BCUT2D eigenvalue weighted by Gasteiger charge is 2.22. The van der Waals surface area contributed by atoms with Crippen molar-refractivity contribution < 1.29 is 14.1 Å².